The predicted octanol–water partition coefficient (Wildman–Crippen LogP) is 0.910. The van der Waals surface area contributed by atoms with Crippen LogP contribution in [0.4, 0.5) is 0 Å². The van der Waals surface area contributed by atoms with E-state index in [9.17, 15) is 4.79 Å². The second-order valence-corrected chi connectivity index (χ2v) is 4.14. The van der Waals surface area contributed by atoms with Crippen LogP contribution >= 0.6 is 22.9 Å². The topological polar surface area (TPSA) is 55.3 Å². The maximum Gasteiger partial charge on any atom is 0.284 e. The molecule has 0 atom stereocenters. The van der Waals surface area contributed by atoms with Gasteiger partial charge in [-0.05, 0) is 11.6 Å². The van der Waals surface area contributed by atoms with Crippen molar-refractivity contribution in [2.45, 2.75) is 0 Å². The van der Waals surface area contributed by atoms with Crippen molar-refractivity contribution in [1.82, 2.24) is 15.1 Å². The first-order valence-corrected chi connectivity index (χ1v) is 5.08. The summed E-state index contributed by atoms with van der Waals surface area (Å²) in [7, 11) is 3.26. The monoisotopic (exact) mass is 235 g/mol. The number of hydrogen-bond acceptors (Lipinski definition) is 5. The van der Waals surface area contributed by atoms with E-state index in [2.05, 4.69) is 10.2 Å². The second-order valence-electron chi connectivity index (χ2n) is 2.58. The molecule has 5 nitrogen and oxygen atoms in total. The molecule has 14 heavy (non-hydrogen) atoms. The molecule has 0 spiro atoms. The summed E-state index contributed by atoms with van der Waals surface area (Å²) in [6.45, 7) is 1.02. The predicted molar refractivity (Wildman–Crippen MR) is 53.8 cm³/mol. The summed E-state index contributed by atoms with van der Waals surface area (Å²) >= 11 is 6.63. The molecule has 0 bridgehead atoms. The summed E-state index contributed by atoms with van der Waals surface area (Å²) in [5.74, 6) is -0.188. The summed E-state index contributed by atoms with van der Waals surface area (Å²) in [5.41, 5.74) is 0. The van der Waals surface area contributed by atoms with Crippen LogP contribution in [-0.4, -0.2) is 48.3 Å². The van der Waals surface area contributed by atoms with Crippen molar-refractivity contribution in [3.63, 3.8) is 0 Å². The third-order valence-corrected chi connectivity index (χ3v) is 2.57. The molecule has 0 fully saturated rings. The van der Waals surface area contributed by atoms with Crippen LogP contribution in [0.1, 0.15) is 9.80 Å². The lowest BCUT2D eigenvalue weighted by Gasteiger charge is -2.13. The third-order valence-electron chi connectivity index (χ3n) is 1.56. The third kappa shape index (κ3) is 2.90. The Kier molecular flexibility index (Phi) is 4.24. The molecule has 0 unspecified atom stereocenters. The van der Waals surface area contributed by atoms with E-state index in [0.717, 1.165) is 11.3 Å². The fourth-order valence-corrected chi connectivity index (χ4v) is 1.61. The molecule has 7 heteroatoms. The lowest BCUT2D eigenvalue weighted by molar-refractivity contribution is 0.0743. The Morgan fingerprint density at radius 2 is 2.36 bits per heavy atom. The molecule has 1 aromatic rings. The molecule has 78 valence electrons. The average molecular weight is 236 g/mol. The molecule has 0 aromatic carbocycles. The highest BCUT2D eigenvalue weighted by Gasteiger charge is 2.16. The zero-order valence-electron chi connectivity index (χ0n) is 7.86. The molecule has 0 aliphatic rings. The normalized spacial score (nSPS) is 10.2. The van der Waals surface area contributed by atoms with Crippen molar-refractivity contribution in [2.75, 3.05) is 27.3 Å². The SMILES string of the molecule is COCCN(C)C(=O)c1nnc(Cl)s1. The molecule has 1 amide bonds. The van der Waals surface area contributed by atoms with Crippen molar-refractivity contribution >= 4 is 28.8 Å². The molecule has 0 saturated heterocycles. The van der Waals surface area contributed by atoms with Crippen LogP contribution < -0.4 is 0 Å². The van der Waals surface area contributed by atoms with Crippen LogP contribution in [0.15, 0.2) is 0 Å². The van der Waals surface area contributed by atoms with Gasteiger partial charge in [0.15, 0.2) is 0 Å². The second kappa shape index (κ2) is 5.23. The molecule has 0 N–H and O–H groups in total. The quantitative estimate of drug-likeness (QED) is 0.779. The Hall–Kier alpha value is -0.720. The van der Waals surface area contributed by atoms with Gasteiger partial charge in [0, 0.05) is 20.7 Å². The van der Waals surface area contributed by atoms with E-state index in [4.69, 9.17) is 16.3 Å². The molecule has 0 radical (unpaired) electrons. The zero-order valence-corrected chi connectivity index (χ0v) is 9.43. The molecule has 1 rings (SSSR count). The fraction of sp³-hybridized carbons (Fsp3) is 0.571. The number of hydrogen-bond donors (Lipinski definition) is 0. The molecule has 0 saturated carbocycles. The number of methoxy groups -OCH3 is 1. The number of carbonyl (C=O) groups is 1. The molecule has 1 heterocycles. The van der Waals surface area contributed by atoms with Gasteiger partial charge in [-0.15, -0.1) is 10.2 Å². The van der Waals surface area contributed by atoms with Crippen LogP contribution in [0, 0.1) is 0 Å². The highest BCUT2D eigenvalue weighted by Crippen LogP contribution is 2.15. The maximum atomic E-state index is 11.6. The van der Waals surface area contributed by atoms with Gasteiger partial charge in [-0.25, -0.2) is 0 Å². The minimum Gasteiger partial charge on any atom is -0.383 e. The number of likely N-dealkylation sites (N-methyl/N-ethyl adjacent to an activating group) is 1. The lowest BCUT2D eigenvalue weighted by atomic mass is 10.5. The molecule has 0 aliphatic carbocycles. The Morgan fingerprint density at radius 3 is 2.86 bits per heavy atom. The molecule has 1 aromatic heterocycles. The van der Waals surface area contributed by atoms with Crippen LogP contribution in [0.25, 0.3) is 0 Å². The van der Waals surface area contributed by atoms with E-state index < -0.39 is 0 Å². The van der Waals surface area contributed by atoms with Crippen LogP contribution in [0.2, 0.25) is 4.47 Å². The number of ether oxygens (including phenoxy) is 1. The number of rotatable bonds is 4. The van der Waals surface area contributed by atoms with Gasteiger partial charge in [0.25, 0.3) is 5.91 Å². The van der Waals surface area contributed by atoms with E-state index in [1.54, 1.807) is 14.2 Å². The van der Waals surface area contributed by atoms with Gasteiger partial charge in [-0.3, -0.25) is 4.79 Å². The van der Waals surface area contributed by atoms with E-state index in [1.807, 2.05) is 0 Å². The minimum absolute atomic E-state index is 0.188. The summed E-state index contributed by atoms with van der Waals surface area (Å²) in [6.07, 6.45) is 0. The van der Waals surface area contributed by atoms with Gasteiger partial charge in [0.05, 0.1) is 6.61 Å². The van der Waals surface area contributed by atoms with Gasteiger partial charge in [0.2, 0.25) is 9.47 Å². The van der Waals surface area contributed by atoms with Gasteiger partial charge in [0.1, 0.15) is 0 Å². The van der Waals surface area contributed by atoms with Crippen molar-refractivity contribution in [3.05, 3.63) is 9.47 Å². The Bertz CT molecular complexity index is 318. The summed E-state index contributed by atoms with van der Waals surface area (Å²) in [6, 6.07) is 0. The zero-order chi connectivity index (χ0) is 10.6. The first-order chi connectivity index (χ1) is 6.65. The van der Waals surface area contributed by atoms with Gasteiger partial charge in [-0.1, -0.05) is 11.3 Å². The maximum absolute atomic E-state index is 11.6. The molecular weight excluding hydrogens is 226 g/mol. The highest BCUT2D eigenvalue weighted by atomic mass is 35.5. The first kappa shape index (κ1) is 11.4. The van der Waals surface area contributed by atoms with Crippen molar-refractivity contribution in [3.8, 4) is 0 Å². The number of halogens is 1. The number of amides is 1. The summed E-state index contributed by atoms with van der Waals surface area (Å²) in [5, 5.41) is 7.50. The van der Waals surface area contributed by atoms with Crippen molar-refractivity contribution in [2.24, 2.45) is 0 Å². The minimum atomic E-state index is -0.188. The van der Waals surface area contributed by atoms with Crippen LogP contribution in [0.5, 0.6) is 0 Å². The molecule has 0 aliphatic heterocycles. The standard InChI is InChI=1S/C7H10ClN3O2S/c1-11(3-4-13-2)6(12)5-9-10-7(8)14-5/h3-4H2,1-2H3. The highest BCUT2D eigenvalue weighted by molar-refractivity contribution is 7.17. The fourth-order valence-electron chi connectivity index (χ4n) is 0.785. The Labute approximate surface area is 90.6 Å². The number of nitrogens with zero attached hydrogens (tertiary/aromatic N) is 3. The summed E-state index contributed by atoms with van der Waals surface area (Å²) < 4.78 is 5.12. The summed E-state index contributed by atoms with van der Waals surface area (Å²) in [4.78, 5) is 13.1. The van der Waals surface area contributed by atoms with Crippen LogP contribution in [0.3, 0.4) is 0 Å². The number of carbonyl (C=O) groups excluding carboxylic acids is 1. The van der Waals surface area contributed by atoms with Crippen molar-refractivity contribution in [1.29, 1.82) is 0 Å². The largest absolute Gasteiger partial charge is 0.383 e. The van der Waals surface area contributed by atoms with Crippen LogP contribution in [-0.2, 0) is 4.74 Å². The van der Waals surface area contributed by atoms with E-state index in [1.165, 1.54) is 4.90 Å². The van der Waals surface area contributed by atoms with Gasteiger partial charge >= 0.3 is 0 Å². The Morgan fingerprint density at radius 1 is 1.64 bits per heavy atom. The van der Waals surface area contributed by atoms with E-state index >= 15 is 0 Å². The first-order valence-electron chi connectivity index (χ1n) is 3.88. The van der Waals surface area contributed by atoms with Crippen molar-refractivity contribution < 1.29 is 9.53 Å². The molecular formula is C7H10ClN3O2S. The van der Waals surface area contributed by atoms with Gasteiger partial charge in [-0.2, -0.15) is 0 Å². The van der Waals surface area contributed by atoms with E-state index in [0.29, 0.717) is 18.2 Å². The average Bonchev–Trinajstić information content (AvgIpc) is 2.60. The smallest absolute Gasteiger partial charge is 0.284 e. The number of aromatic nitrogens is 2. The lowest BCUT2D eigenvalue weighted by Crippen LogP contribution is -2.29. The van der Waals surface area contributed by atoms with Gasteiger partial charge < -0.3 is 9.64 Å². The Balaban J connectivity index is 2.56. The van der Waals surface area contributed by atoms with E-state index in [-0.39, 0.29) is 10.4 Å².